The molecule has 1 aliphatic heterocycles. The molecule has 1 rings (SSSR count). The monoisotopic (exact) mass is 221 g/mol. The van der Waals surface area contributed by atoms with Crippen molar-refractivity contribution in [2.75, 3.05) is 26.0 Å². The molecular weight excluding hydrogens is 202 g/mol. The zero-order chi connectivity index (χ0) is 10.6. The molecule has 2 unspecified atom stereocenters. The van der Waals surface area contributed by atoms with Crippen LogP contribution < -0.4 is 5.32 Å². The molecule has 1 heterocycles. The summed E-state index contributed by atoms with van der Waals surface area (Å²) in [6, 6.07) is 0. The lowest BCUT2D eigenvalue weighted by atomic mass is 10.3. The Morgan fingerprint density at radius 2 is 2.21 bits per heavy atom. The molecule has 0 aromatic heterocycles. The van der Waals surface area contributed by atoms with Crippen molar-refractivity contribution in [3.05, 3.63) is 0 Å². The maximum atomic E-state index is 11.8. The SMILES string of the molecule is CNCCCS(=O)(=O)C1CCOC1C. The van der Waals surface area contributed by atoms with E-state index in [9.17, 15) is 8.42 Å². The summed E-state index contributed by atoms with van der Waals surface area (Å²) in [6.45, 7) is 3.17. The van der Waals surface area contributed by atoms with Gasteiger partial charge in [0.1, 0.15) is 0 Å². The molecule has 14 heavy (non-hydrogen) atoms. The molecule has 1 saturated heterocycles. The van der Waals surface area contributed by atoms with Crippen molar-refractivity contribution in [2.24, 2.45) is 0 Å². The Morgan fingerprint density at radius 1 is 1.50 bits per heavy atom. The average Bonchev–Trinajstić information content (AvgIpc) is 2.52. The second-order valence-electron chi connectivity index (χ2n) is 3.73. The first-order valence-electron chi connectivity index (χ1n) is 5.05. The van der Waals surface area contributed by atoms with E-state index >= 15 is 0 Å². The summed E-state index contributed by atoms with van der Waals surface area (Å²) in [4.78, 5) is 0. The molecule has 5 heteroatoms. The molecule has 0 saturated carbocycles. The van der Waals surface area contributed by atoms with Gasteiger partial charge in [-0.05, 0) is 33.4 Å². The van der Waals surface area contributed by atoms with Gasteiger partial charge in [-0.15, -0.1) is 0 Å². The molecule has 0 aromatic rings. The topological polar surface area (TPSA) is 55.4 Å². The molecule has 1 fully saturated rings. The van der Waals surface area contributed by atoms with Crippen LogP contribution in [0.15, 0.2) is 0 Å². The van der Waals surface area contributed by atoms with Crippen LogP contribution in [0.5, 0.6) is 0 Å². The zero-order valence-electron chi connectivity index (χ0n) is 8.82. The largest absolute Gasteiger partial charge is 0.377 e. The molecule has 2 atom stereocenters. The standard InChI is InChI=1S/C9H19NO3S/c1-8-9(4-6-13-8)14(11,12)7-3-5-10-2/h8-10H,3-7H2,1-2H3. The van der Waals surface area contributed by atoms with Crippen LogP contribution in [-0.4, -0.2) is 45.7 Å². The van der Waals surface area contributed by atoms with Crippen LogP contribution in [0.3, 0.4) is 0 Å². The average molecular weight is 221 g/mol. The van der Waals surface area contributed by atoms with Crippen LogP contribution in [0, 0.1) is 0 Å². The summed E-state index contributed by atoms with van der Waals surface area (Å²) in [5.74, 6) is 0.270. The minimum atomic E-state index is -2.95. The van der Waals surface area contributed by atoms with E-state index in [1.165, 1.54) is 0 Å². The number of hydrogen-bond acceptors (Lipinski definition) is 4. The lowest BCUT2D eigenvalue weighted by Crippen LogP contribution is -2.31. The van der Waals surface area contributed by atoms with Crippen molar-refractivity contribution in [3.8, 4) is 0 Å². The second kappa shape index (κ2) is 5.09. The first kappa shape index (κ1) is 11.9. The third kappa shape index (κ3) is 2.93. The lowest BCUT2D eigenvalue weighted by Gasteiger charge is -2.14. The number of sulfone groups is 1. The van der Waals surface area contributed by atoms with Crippen molar-refractivity contribution >= 4 is 9.84 Å². The maximum absolute atomic E-state index is 11.8. The van der Waals surface area contributed by atoms with Crippen LogP contribution in [-0.2, 0) is 14.6 Å². The molecule has 0 bridgehead atoms. The van der Waals surface area contributed by atoms with Crippen LogP contribution in [0.2, 0.25) is 0 Å². The number of nitrogens with one attached hydrogen (secondary N) is 1. The second-order valence-corrected chi connectivity index (χ2v) is 6.07. The molecule has 0 aliphatic carbocycles. The Morgan fingerprint density at radius 3 is 2.71 bits per heavy atom. The first-order valence-corrected chi connectivity index (χ1v) is 6.77. The predicted octanol–water partition coefficient (Wildman–Crippen LogP) is 0.188. The summed E-state index contributed by atoms with van der Waals surface area (Å²) in [6.07, 6.45) is 1.21. The van der Waals surface area contributed by atoms with Gasteiger partial charge in [0.15, 0.2) is 9.84 Å². The molecule has 0 amide bonds. The van der Waals surface area contributed by atoms with Gasteiger partial charge in [-0.1, -0.05) is 0 Å². The number of hydrogen-bond donors (Lipinski definition) is 1. The smallest absolute Gasteiger partial charge is 0.155 e. The van der Waals surface area contributed by atoms with Gasteiger partial charge >= 0.3 is 0 Å². The maximum Gasteiger partial charge on any atom is 0.155 e. The van der Waals surface area contributed by atoms with E-state index in [0.717, 1.165) is 6.54 Å². The molecule has 1 N–H and O–H groups in total. The summed E-state index contributed by atoms with van der Waals surface area (Å²) < 4.78 is 28.9. The fourth-order valence-electron chi connectivity index (χ4n) is 1.79. The quantitative estimate of drug-likeness (QED) is 0.673. The van der Waals surface area contributed by atoms with Gasteiger partial charge in [0.05, 0.1) is 17.1 Å². The molecule has 0 radical (unpaired) electrons. The van der Waals surface area contributed by atoms with Gasteiger partial charge in [-0.25, -0.2) is 8.42 Å². The first-order chi connectivity index (χ1) is 6.58. The summed E-state index contributed by atoms with van der Waals surface area (Å²) in [5.41, 5.74) is 0. The fraction of sp³-hybridized carbons (Fsp3) is 1.00. The van der Waals surface area contributed by atoms with Gasteiger partial charge in [-0.2, -0.15) is 0 Å². The van der Waals surface area contributed by atoms with Crippen LogP contribution in [0.25, 0.3) is 0 Å². The highest BCUT2D eigenvalue weighted by molar-refractivity contribution is 7.92. The summed E-state index contributed by atoms with van der Waals surface area (Å²) >= 11 is 0. The van der Waals surface area contributed by atoms with Gasteiger partial charge in [-0.3, -0.25) is 0 Å². The van der Waals surface area contributed by atoms with Crippen molar-refractivity contribution in [1.82, 2.24) is 5.32 Å². The highest BCUT2D eigenvalue weighted by Gasteiger charge is 2.34. The van der Waals surface area contributed by atoms with E-state index in [2.05, 4.69) is 5.32 Å². The third-order valence-electron chi connectivity index (χ3n) is 2.62. The Kier molecular flexibility index (Phi) is 4.34. The fourth-order valence-corrected chi connectivity index (χ4v) is 3.75. The van der Waals surface area contributed by atoms with Crippen molar-refractivity contribution in [3.63, 3.8) is 0 Å². The Bertz CT molecular complexity index is 263. The molecule has 0 spiro atoms. The van der Waals surface area contributed by atoms with Gasteiger partial charge < -0.3 is 10.1 Å². The molecule has 0 aromatic carbocycles. The molecule has 4 nitrogen and oxygen atoms in total. The Balaban J connectivity index is 2.47. The zero-order valence-corrected chi connectivity index (χ0v) is 9.64. The van der Waals surface area contributed by atoms with E-state index in [1.54, 1.807) is 0 Å². The van der Waals surface area contributed by atoms with Gasteiger partial charge in [0.25, 0.3) is 0 Å². The highest BCUT2D eigenvalue weighted by Crippen LogP contribution is 2.21. The molecule has 1 aliphatic rings. The minimum absolute atomic E-state index is 0.130. The molecule has 84 valence electrons. The van der Waals surface area contributed by atoms with Gasteiger partial charge in [0.2, 0.25) is 0 Å². The predicted molar refractivity (Wildman–Crippen MR) is 56.1 cm³/mol. The Labute approximate surface area is 85.9 Å². The third-order valence-corrected chi connectivity index (χ3v) is 5.02. The molecular formula is C9H19NO3S. The minimum Gasteiger partial charge on any atom is -0.377 e. The van der Waals surface area contributed by atoms with Crippen molar-refractivity contribution in [1.29, 1.82) is 0 Å². The normalized spacial score (nSPS) is 28.1. The summed E-state index contributed by atoms with van der Waals surface area (Å²) in [5, 5.41) is 2.67. The number of rotatable bonds is 5. The lowest BCUT2D eigenvalue weighted by molar-refractivity contribution is 0.126. The van der Waals surface area contributed by atoms with Crippen molar-refractivity contribution in [2.45, 2.75) is 31.1 Å². The summed E-state index contributed by atoms with van der Waals surface area (Å²) in [7, 11) is -1.12. The van der Waals surface area contributed by atoms with E-state index in [1.807, 2.05) is 14.0 Å². The van der Waals surface area contributed by atoms with Crippen LogP contribution >= 0.6 is 0 Å². The van der Waals surface area contributed by atoms with Gasteiger partial charge in [0, 0.05) is 6.61 Å². The van der Waals surface area contributed by atoms with Crippen molar-refractivity contribution < 1.29 is 13.2 Å². The van der Waals surface area contributed by atoms with E-state index in [0.29, 0.717) is 19.4 Å². The van der Waals surface area contributed by atoms with E-state index in [4.69, 9.17) is 4.74 Å². The highest BCUT2D eigenvalue weighted by atomic mass is 32.2. The van der Waals surface area contributed by atoms with Crippen LogP contribution in [0.4, 0.5) is 0 Å². The Hall–Kier alpha value is -0.130. The van der Waals surface area contributed by atoms with E-state index < -0.39 is 9.84 Å². The number of ether oxygens (including phenoxy) is 1. The van der Waals surface area contributed by atoms with E-state index in [-0.39, 0.29) is 17.1 Å². The van der Waals surface area contributed by atoms with Crippen LogP contribution in [0.1, 0.15) is 19.8 Å².